The van der Waals surface area contributed by atoms with Crippen molar-refractivity contribution in [2.24, 2.45) is 0 Å². The Bertz CT molecular complexity index is 550. The highest BCUT2D eigenvalue weighted by Gasteiger charge is 2.22. The second-order valence-corrected chi connectivity index (χ2v) is 4.85. The van der Waals surface area contributed by atoms with Crippen LogP contribution in [0.2, 0.25) is 0 Å². The first-order chi connectivity index (χ1) is 9.88. The number of methoxy groups -OCH3 is 1. The van der Waals surface area contributed by atoms with Gasteiger partial charge in [-0.05, 0) is 12.8 Å². The summed E-state index contributed by atoms with van der Waals surface area (Å²) in [7, 11) is 1.69. The summed E-state index contributed by atoms with van der Waals surface area (Å²) in [5.41, 5.74) is 1.62. The quantitative estimate of drug-likeness (QED) is 0.821. The number of rotatable bonds is 5. The molecule has 0 amide bonds. The molecule has 2 aromatic rings. The number of ether oxygens (including phenoxy) is 2. The molecule has 7 nitrogen and oxygen atoms in total. The van der Waals surface area contributed by atoms with Crippen molar-refractivity contribution >= 4 is 17.0 Å². The molecule has 1 N–H and O–H groups in total. The van der Waals surface area contributed by atoms with Crippen LogP contribution >= 0.6 is 0 Å². The molecule has 0 saturated carbocycles. The molecule has 0 radical (unpaired) electrons. The molecule has 2 aromatic heterocycles. The Labute approximate surface area is 117 Å². The number of nitrogens with one attached hydrogen (secondary N) is 1. The van der Waals surface area contributed by atoms with Gasteiger partial charge in [0.25, 0.3) is 0 Å². The molecule has 0 aromatic carbocycles. The van der Waals surface area contributed by atoms with Gasteiger partial charge in [-0.1, -0.05) is 0 Å². The van der Waals surface area contributed by atoms with E-state index < -0.39 is 0 Å². The zero-order valence-corrected chi connectivity index (χ0v) is 11.6. The Balaban J connectivity index is 1.62. The van der Waals surface area contributed by atoms with Gasteiger partial charge in [-0.25, -0.2) is 15.0 Å². The third-order valence-electron chi connectivity index (χ3n) is 3.59. The van der Waals surface area contributed by atoms with Crippen LogP contribution in [-0.4, -0.2) is 59.5 Å². The number of aromatic amines is 1. The lowest BCUT2D eigenvalue weighted by Crippen LogP contribution is -2.38. The van der Waals surface area contributed by atoms with Crippen LogP contribution < -0.4 is 4.90 Å². The highest BCUT2D eigenvalue weighted by Crippen LogP contribution is 2.24. The molecule has 0 aliphatic carbocycles. The molecule has 0 spiro atoms. The minimum Gasteiger partial charge on any atom is -0.382 e. The Morgan fingerprint density at radius 2 is 2.10 bits per heavy atom. The second-order valence-electron chi connectivity index (χ2n) is 4.85. The molecule has 1 fully saturated rings. The van der Waals surface area contributed by atoms with E-state index in [4.69, 9.17) is 9.47 Å². The molecule has 1 saturated heterocycles. The van der Waals surface area contributed by atoms with Crippen molar-refractivity contribution in [2.75, 3.05) is 38.3 Å². The van der Waals surface area contributed by atoms with E-state index in [1.807, 2.05) is 0 Å². The van der Waals surface area contributed by atoms with Crippen LogP contribution in [0.25, 0.3) is 11.2 Å². The number of H-pyrrole nitrogens is 1. The number of hydrogen-bond donors (Lipinski definition) is 1. The molecule has 108 valence electrons. The van der Waals surface area contributed by atoms with Crippen LogP contribution in [-0.2, 0) is 9.47 Å². The molecule has 0 unspecified atom stereocenters. The summed E-state index contributed by atoms with van der Waals surface area (Å²) in [5, 5.41) is 0. The van der Waals surface area contributed by atoms with E-state index in [9.17, 15) is 0 Å². The summed E-state index contributed by atoms with van der Waals surface area (Å²) in [4.78, 5) is 18.1. The van der Waals surface area contributed by atoms with Gasteiger partial charge in [0.05, 0.1) is 25.6 Å². The molecular weight excluding hydrogens is 258 g/mol. The lowest BCUT2D eigenvalue weighted by atomic mass is 10.1. The van der Waals surface area contributed by atoms with Crippen LogP contribution in [0, 0.1) is 0 Å². The van der Waals surface area contributed by atoms with Crippen LogP contribution in [0.5, 0.6) is 0 Å². The van der Waals surface area contributed by atoms with Crippen molar-refractivity contribution in [3.05, 3.63) is 12.7 Å². The largest absolute Gasteiger partial charge is 0.382 e. The van der Waals surface area contributed by atoms with Gasteiger partial charge in [-0.15, -0.1) is 0 Å². The standard InChI is InChI=1S/C13H19N5O2/c1-19-6-7-20-10-2-4-18(5-3-10)13-11-12(15-8-14-11)16-9-17-13/h8-10H,2-7H2,1H3,(H,14,15,16,17). The monoisotopic (exact) mass is 277 g/mol. The summed E-state index contributed by atoms with van der Waals surface area (Å²) in [5.74, 6) is 0.933. The molecule has 3 heterocycles. The minimum atomic E-state index is 0.320. The molecule has 3 rings (SSSR count). The topological polar surface area (TPSA) is 76.2 Å². The van der Waals surface area contributed by atoms with E-state index in [1.54, 1.807) is 19.8 Å². The third-order valence-corrected chi connectivity index (χ3v) is 3.59. The summed E-state index contributed by atoms with van der Waals surface area (Å²) in [6, 6.07) is 0. The van der Waals surface area contributed by atoms with Crippen molar-refractivity contribution in [1.82, 2.24) is 19.9 Å². The van der Waals surface area contributed by atoms with Gasteiger partial charge in [0, 0.05) is 20.2 Å². The lowest BCUT2D eigenvalue weighted by Gasteiger charge is -2.32. The predicted octanol–water partition coefficient (Wildman–Crippen LogP) is 0.985. The Morgan fingerprint density at radius 3 is 2.90 bits per heavy atom. The second kappa shape index (κ2) is 6.15. The number of hydrogen-bond acceptors (Lipinski definition) is 6. The molecule has 1 aliphatic heterocycles. The molecule has 0 bridgehead atoms. The van der Waals surface area contributed by atoms with E-state index in [1.165, 1.54) is 0 Å². The van der Waals surface area contributed by atoms with Gasteiger partial charge in [-0.3, -0.25) is 0 Å². The van der Waals surface area contributed by atoms with E-state index in [2.05, 4.69) is 24.8 Å². The summed E-state index contributed by atoms with van der Waals surface area (Å²) in [6.45, 7) is 3.19. The van der Waals surface area contributed by atoms with Crippen LogP contribution in [0.3, 0.4) is 0 Å². The fraction of sp³-hybridized carbons (Fsp3) is 0.615. The van der Waals surface area contributed by atoms with Crippen molar-refractivity contribution in [3.8, 4) is 0 Å². The number of imidazole rings is 1. The average molecular weight is 277 g/mol. The molecule has 20 heavy (non-hydrogen) atoms. The van der Waals surface area contributed by atoms with E-state index in [0.717, 1.165) is 37.3 Å². The van der Waals surface area contributed by atoms with Gasteiger partial charge in [0.2, 0.25) is 0 Å². The molecule has 7 heteroatoms. The number of aromatic nitrogens is 4. The summed E-state index contributed by atoms with van der Waals surface area (Å²) < 4.78 is 10.8. The lowest BCUT2D eigenvalue weighted by molar-refractivity contribution is 0.00606. The molecular formula is C13H19N5O2. The fourth-order valence-electron chi connectivity index (χ4n) is 2.52. The Hall–Kier alpha value is -1.73. The number of nitrogens with zero attached hydrogens (tertiary/aromatic N) is 4. The highest BCUT2D eigenvalue weighted by atomic mass is 16.5. The highest BCUT2D eigenvalue weighted by molar-refractivity contribution is 5.82. The maximum Gasteiger partial charge on any atom is 0.182 e. The Morgan fingerprint density at radius 1 is 1.25 bits per heavy atom. The number of anilines is 1. The van der Waals surface area contributed by atoms with Gasteiger partial charge in [0.1, 0.15) is 11.8 Å². The summed E-state index contributed by atoms with van der Waals surface area (Å²) in [6.07, 6.45) is 5.55. The van der Waals surface area contributed by atoms with Crippen molar-refractivity contribution in [2.45, 2.75) is 18.9 Å². The smallest absolute Gasteiger partial charge is 0.182 e. The number of piperidine rings is 1. The van der Waals surface area contributed by atoms with Gasteiger partial charge < -0.3 is 19.4 Å². The van der Waals surface area contributed by atoms with Gasteiger partial charge in [0.15, 0.2) is 11.5 Å². The minimum absolute atomic E-state index is 0.320. The van der Waals surface area contributed by atoms with Crippen molar-refractivity contribution in [1.29, 1.82) is 0 Å². The maximum absolute atomic E-state index is 5.78. The zero-order valence-electron chi connectivity index (χ0n) is 11.6. The first-order valence-electron chi connectivity index (χ1n) is 6.88. The van der Waals surface area contributed by atoms with E-state index in [-0.39, 0.29) is 0 Å². The van der Waals surface area contributed by atoms with Crippen LogP contribution in [0.15, 0.2) is 12.7 Å². The predicted molar refractivity (Wildman–Crippen MR) is 74.7 cm³/mol. The average Bonchev–Trinajstić information content (AvgIpc) is 2.97. The number of fused-ring (bicyclic) bond motifs is 1. The van der Waals surface area contributed by atoms with Crippen LogP contribution in [0.1, 0.15) is 12.8 Å². The first-order valence-corrected chi connectivity index (χ1v) is 6.88. The van der Waals surface area contributed by atoms with Crippen molar-refractivity contribution in [3.63, 3.8) is 0 Å². The Kier molecular flexibility index (Phi) is 4.08. The normalized spacial score (nSPS) is 16.9. The SMILES string of the molecule is COCCOC1CCN(c2ncnc3nc[nH]c23)CC1. The van der Waals surface area contributed by atoms with Gasteiger partial charge in [-0.2, -0.15) is 0 Å². The van der Waals surface area contributed by atoms with Crippen molar-refractivity contribution < 1.29 is 9.47 Å². The fourth-order valence-corrected chi connectivity index (χ4v) is 2.52. The summed E-state index contributed by atoms with van der Waals surface area (Å²) >= 11 is 0. The van der Waals surface area contributed by atoms with E-state index in [0.29, 0.717) is 25.0 Å². The molecule has 0 atom stereocenters. The first kappa shape index (κ1) is 13.3. The van der Waals surface area contributed by atoms with Gasteiger partial charge >= 0.3 is 0 Å². The molecule has 1 aliphatic rings. The zero-order chi connectivity index (χ0) is 13.8. The van der Waals surface area contributed by atoms with E-state index >= 15 is 0 Å². The third kappa shape index (κ3) is 2.73. The maximum atomic E-state index is 5.78. The van der Waals surface area contributed by atoms with Crippen LogP contribution in [0.4, 0.5) is 5.82 Å².